The topological polar surface area (TPSA) is 98.5 Å². The Balaban J connectivity index is 0.00000288. The highest BCUT2D eigenvalue weighted by atomic mass is 32.2. The number of rotatable bonds is 4. The van der Waals surface area contributed by atoms with Gasteiger partial charge in [-0.1, -0.05) is 6.92 Å². The summed E-state index contributed by atoms with van der Waals surface area (Å²) in [5, 5.41) is 0. The van der Waals surface area contributed by atoms with E-state index in [0.717, 1.165) is 12.3 Å². The van der Waals surface area contributed by atoms with Crippen molar-refractivity contribution in [3.8, 4) is 0 Å². The predicted molar refractivity (Wildman–Crippen MR) is 97.6 cm³/mol. The molecule has 1 aliphatic rings. The Hall–Kier alpha value is -1.35. The summed E-state index contributed by atoms with van der Waals surface area (Å²) in [6, 6.07) is 3.84. The van der Waals surface area contributed by atoms with Crippen LogP contribution < -0.4 is 11.5 Å². The molecule has 1 heterocycles. The number of sulfone groups is 1. The zero-order valence-electron chi connectivity index (χ0n) is 13.6. The average Bonchev–Trinajstić information content (AvgIpc) is 2.48. The van der Waals surface area contributed by atoms with Gasteiger partial charge >= 0.3 is 0 Å². The third kappa shape index (κ3) is 3.11. The first-order chi connectivity index (χ1) is 10.6. The highest BCUT2D eigenvalue weighted by molar-refractivity contribution is 7.92. The van der Waals surface area contributed by atoms with Gasteiger partial charge in [-0.25, -0.2) is 17.2 Å². The van der Waals surface area contributed by atoms with E-state index in [2.05, 4.69) is 4.99 Å². The predicted octanol–water partition coefficient (Wildman–Crippen LogP) is 2.03. The van der Waals surface area contributed by atoms with Gasteiger partial charge < -0.3 is 11.5 Å². The summed E-state index contributed by atoms with van der Waals surface area (Å²) in [4.78, 5) is 4.14. The number of hydrogen-bond acceptors (Lipinski definition) is 5. The zero-order chi connectivity index (χ0) is 17.5. The van der Waals surface area contributed by atoms with Crippen LogP contribution in [-0.2, 0) is 15.4 Å². The van der Waals surface area contributed by atoms with Crippen molar-refractivity contribution < 1.29 is 17.2 Å². The van der Waals surface area contributed by atoms with Crippen molar-refractivity contribution in [1.29, 1.82) is 0 Å². The molecule has 1 aromatic carbocycles. The van der Waals surface area contributed by atoms with Gasteiger partial charge in [0.05, 0.1) is 0 Å². The van der Waals surface area contributed by atoms with Gasteiger partial charge in [0.25, 0.3) is 0 Å². The van der Waals surface area contributed by atoms with Crippen molar-refractivity contribution >= 4 is 34.9 Å². The summed E-state index contributed by atoms with van der Waals surface area (Å²) >= 11 is 0. The number of anilines is 1. The lowest BCUT2D eigenvalue weighted by atomic mass is 9.79. The Bertz CT molecular complexity index is 755. The van der Waals surface area contributed by atoms with Crippen molar-refractivity contribution in [3.63, 3.8) is 0 Å². The van der Waals surface area contributed by atoms with E-state index >= 15 is 0 Å². The Morgan fingerprint density at radius 2 is 1.92 bits per heavy atom. The number of hydrogen-bond donors (Lipinski definition) is 2. The number of halogens is 2. The van der Waals surface area contributed by atoms with Crippen LogP contribution in [0.3, 0.4) is 0 Å². The van der Waals surface area contributed by atoms with Crippen molar-refractivity contribution in [2.45, 2.75) is 36.5 Å². The van der Waals surface area contributed by atoms with Gasteiger partial charge in [-0.05, 0) is 37.5 Å². The van der Waals surface area contributed by atoms with Crippen LogP contribution in [0.1, 0.15) is 31.7 Å². The molecule has 2 atom stereocenters. The van der Waals surface area contributed by atoms with E-state index in [1.165, 1.54) is 12.1 Å². The second-order valence-corrected chi connectivity index (χ2v) is 8.35. The van der Waals surface area contributed by atoms with Crippen molar-refractivity contribution in [3.05, 3.63) is 29.6 Å². The largest absolute Gasteiger partial charge is 0.399 e. The minimum atomic E-state index is -3.54. The maximum absolute atomic E-state index is 14.2. The van der Waals surface area contributed by atoms with E-state index in [1.54, 1.807) is 6.92 Å². The lowest BCUT2D eigenvalue weighted by Gasteiger charge is -2.41. The molecule has 1 aliphatic heterocycles. The minimum Gasteiger partial charge on any atom is -0.399 e. The van der Waals surface area contributed by atoms with E-state index in [1.807, 2.05) is 0 Å². The van der Waals surface area contributed by atoms with Crippen LogP contribution in [0.25, 0.3) is 0 Å². The molecule has 9 heteroatoms. The average molecular weight is 379 g/mol. The maximum atomic E-state index is 14.2. The second kappa shape index (κ2) is 6.87. The Labute approximate surface area is 147 Å². The fraction of sp³-hybridized carbons (Fsp3) is 0.533. The Kier molecular flexibility index (Phi) is 5.93. The van der Waals surface area contributed by atoms with Crippen LogP contribution in [0.2, 0.25) is 0 Å². The van der Waals surface area contributed by atoms with Gasteiger partial charge in [-0.2, -0.15) is 13.5 Å². The number of nitrogens with zero attached hydrogens (tertiary/aromatic N) is 1. The summed E-state index contributed by atoms with van der Waals surface area (Å²) in [5.41, 5.74) is 10.3. The molecule has 1 unspecified atom stereocenters. The normalized spacial score (nSPS) is 27.2. The molecule has 136 valence electrons. The number of aliphatic imine (C=N–C) groups is 1. The van der Waals surface area contributed by atoms with Gasteiger partial charge in [0.2, 0.25) is 0 Å². The lowest BCUT2D eigenvalue weighted by molar-refractivity contribution is 0.262. The molecule has 0 amide bonds. The van der Waals surface area contributed by atoms with Gasteiger partial charge in [0.15, 0.2) is 9.84 Å². The van der Waals surface area contributed by atoms with Crippen LogP contribution in [0.5, 0.6) is 0 Å². The molecule has 0 saturated heterocycles. The van der Waals surface area contributed by atoms with Crippen LogP contribution in [-0.4, -0.2) is 31.9 Å². The number of amidine groups is 1. The minimum absolute atomic E-state index is 0. The summed E-state index contributed by atoms with van der Waals surface area (Å²) in [5.74, 6) is -0.815. The third-order valence-electron chi connectivity index (χ3n) is 4.74. The first-order valence-corrected chi connectivity index (χ1v) is 9.18. The Morgan fingerprint density at radius 1 is 1.29 bits per heavy atom. The summed E-state index contributed by atoms with van der Waals surface area (Å²) in [6.07, 6.45) is 1.42. The second-order valence-electron chi connectivity index (χ2n) is 6.02. The highest BCUT2D eigenvalue weighted by Gasteiger charge is 2.51. The number of nitrogens with two attached hydrogens (primary N) is 2. The first kappa shape index (κ1) is 20.7. The molecule has 2 rings (SSSR count). The highest BCUT2D eigenvalue weighted by Crippen LogP contribution is 2.43. The van der Waals surface area contributed by atoms with Gasteiger partial charge in [-0.15, -0.1) is 0 Å². The van der Waals surface area contributed by atoms with E-state index in [4.69, 9.17) is 11.5 Å². The first-order valence-electron chi connectivity index (χ1n) is 7.29. The molecule has 0 saturated carbocycles. The van der Waals surface area contributed by atoms with Crippen molar-refractivity contribution in [2.24, 2.45) is 10.7 Å². The molecular formula is C15H23F2N3O2S2. The fourth-order valence-electron chi connectivity index (χ4n) is 3.18. The van der Waals surface area contributed by atoms with Crippen LogP contribution >= 0.6 is 13.5 Å². The van der Waals surface area contributed by atoms with E-state index in [0.29, 0.717) is 0 Å². The molecule has 0 spiro atoms. The fourth-order valence-corrected chi connectivity index (χ4v) is 4.61. The smallest absolute Gasteiger partial charge is 0.160 e. The monoisotopic (exact) mass is 379 g/mol. The van der Waals surface area contributed by atoms with Crippen LogP contribution in [0, 0.1) is 5.82 Å². The van der Waals surface area contributed by atoms with Gasteiger partial charge in [0, 0.05) is 17.5 Å². The summed E-state index contributed by atoms with van der Waals surface area (Å²) in [6.45, 7) is 0.699. The molecule has 0 bridgehead atoms. The van der Waals surface area contributed by atoms with Crippen molar-refractivity contribution in [1.82, 2.24) is 0 Å². The molecule has 0 fully saturated rings. The molecule has 1 aromatic rings. The van der Waals surface area contributed by atoms with Gasteiger partial charge in [0.1, 0.15) is 28.6 Å². The summed E-state index contributed by atoms with van der Waals surface area (Å²) in [7, 11) is -3.54. The lowest BCUT2D eigenvalue weighted by Crippen LogP contribution is -2.55. The quantitative estimate of drug-likeness (QED) is 0.782. The van der Waals surface area contributed by atoms with Gasteiger partial charge in [-0.3, -0.25) is 4.99 Å². The van der Waals surface area contributed by atoms with Crippen molar-refractivity contribution in [2.75, 3.05) is 18.7 Å². The number of alkyl halides is 1. The molecule has 4 N–H and O–H groups in total. The number of nitrogen functional groups attached to an aromatic ring is 1. The van der Waals surface area contributed by atoms with Crippen LogP contribution in [0.15, 0.2) is 23.2 Å². The maximum Gasteiger partial charge on any atom is 0.160 e. The zero-order valence-corrected chi connectivity index (χ0v) is 15.5. The Morgan fingerprint density at radius 3 is 2.38 bits per heavy atom. The number of benzene rings is 1. The molecule has 0 aromatic heterocycles. The summed E-state index contributed by atoms with van der Waals surface area (Å²) < 4.78 is 51.0. The molecule has 5 nitrogen and oxygen atoms in total. The third-order valence-corrected chi connectivity index (χ3v) is 6.86. The molecule has 0 radical (unpaired) electrons. The standard InChI is InChI=1S/C15H21F2N3O2S.H2S/c1-3-15(23(2,21)22)7-6-14(9-16,20-13(15)19)11-8-10(18)4-5-12(11)17;/h4-5,8H,3,6-7,9,18H2,1-2H3,(H2,19,20);1H2/t14-,15?;/m1./s1. The van der Waals surface area contributed by atoms with Crippen LogP contribution in [0.4, 0.5) is 14.5 Å². The molecule has 0 aliphatic carbocycles. The van der Waals surface area contributed by atoms with E-state index in [-0.39, 0.29) is 49.8 Å². The SMILES string of the molecule is CCC1(S(C)(=O)=O)CC[C@@](CF)(c2cc(N)ccc2F)N=C1N.S. The molecular weight excluding hydrogens is 356 g/mol. The van der Waals surface area contributed by atoms with E-state index in [9.17, 15) is 17.2 Å². The van der Waals surface area contributed by atoms with E-state index < -0.39 is 32.6 Å². The molecule has 24 heavy (non-hydrogen) atoms.